The first-order valence-electron chi connectivity index (χ1n) is 9.86. The number of rotatable bonds is 3. The molecular formula is C23H25ClN4O. The summed E-state index contributed by atoms with van der Waals surface area (Å²) in [7, 11) is 2.11. The van der Waals surface area contributed by atoms with Gasteiger partial charge in [0.25, 0.3) is 5.91 Å². The number of piperidine rings is 1. The second kappa shape index (κ2) is 8.01. The molecular weight excluding hydrogens is 384 g/mol. The maximum Gasteiger partial charge on any atom is 0.252 e. The van der Waals surface area contributed by atoms with Crippen LogP contribution in [0.2, 0.25) is 5.02 Å². The van der Waals surface area contributed by atoms with Crippen molar-refractivity contribution in [2.24, 2.45) is 0 Å². The van der Waals surface area contributed by atoms with Gasteiger partial charge in [0.15, 0.2) is 0 Å². The lowest BCUT2D eigenvalue weighted by Gasteiger charge is -2.29. The highest BCUT2D eigenvalue weighted by Gasteiger charge is 2.21. The number of pyridine rings is 1. The van der Waals surface area contributed by atoms with E-state index in [0.717, 1.165) is 53.4 Å². The molecule has 0 atom stereocenters. The molecule has 0 saturated carbocycles. The lowest BCUT2D eigenvalue weighted by atomic mass is 9.94. The van der Waals surface area contributed by atoms with E-state index in [9.17, 15) is 4.79 Å². The van der Waals surface area contributed by atoms with Crippen molar-refractivity contribution >= 4 is 34.1 Å². The van der Waals surface area contributed by atoms with Crippen LogP contribution in [0, 0.1) is 6.92 Å². The zero-order chi connectivity index (χ0) is 20.5. The minimum absolute atomic E-state index is 0.0818. The van der Waals surface area contributed by atoms with Crippen LogP contribution in [0.5, 0.6) is 0 Å². The van der Waals surface area contributed by atoms with Gasteiger partial charge in [0.2, 0.25) is 0 Å². The van der Waals surface area contributed by atoms with Crippen molar-refractivity contribution in [2.75, 3.05) is 25.9 Å². The van der Waals surface area contributed by atoms with Gasteiger partial charge in [-0.25, -0.2) is 4.98 Å². The number of nitrogens with one attached hydrogen (secondary N) is 1. The maximum atomic E-state index is 13.3. The molecule has 2 aromatic carbocycles. The Kier molecular flexibility index (Phi) is 5.43. The third-order valence-corrected chi connectivity index (χ3v) is 5.98. The second-order valence-electron chi connectivity index (χ2n) is 7.84. The molecule has 5 nitrogen and oxygen atoms in total. The molecule has 1 aromatic heterocycles. The van der Waals surface area contributed by atoms with Crippen LogP contribution in [0.25, 0.3) is 21.9 Å². The summed E-state index contributed by atoms with van der Waals surface area (Å²) in [6, 6.07) is 11.7. The van der Waals surface area contributed by atoms with Gasteiger partial charge in [-0.3, -0.25) is 4.79 Å². The zero-order valence-corrected chi connectivity index (χ0v) is 17.5. The molecule has 3 aromatic rings. The summed E-state index contributed by atoms with van der Waals surface area (Å²) in [6.07, 6.45) is 3.62. The van der Waals surface area contributed by atoms with E-state index in [-0.39, 0.29) is 11.9 Å². The van der Waals surface area contributed by atoms with Gasteiger partial charge in [0.05, 0.1) is 0 Å². The molecule has 6 heteroatoms. The highest BCUT2D eigenvalue weighted by atomic mass is 35.5. The molecule has 1 fully saturated rings. The van der Waals surface area contributed by atoms with E-state index < -0.39 is 0 Å². The molecule has 4 rings (SSSR count). The van der Waals surface area contributed by atoms with Crippen molar-refractivity contribution in [1.29, 1.82) is 0 Å². The lowest BCUT2D eigenvalue weighted by Crippen LogP contribution is -2.43. The Balaban J connectivity index is 1.79. The summed E-state index contributed by atoms with van der Waals surface area (Å²) in [5.41, 5.74) is 9.41. The van der Waals surface area contributed by atoms with Crippen LogP contribution in [-0.4, -0.2) is 42.0 Å². The number of nitrogens with zero attached hydrogens (tertiary/aromatic N) is 2. The SMILES string of the molecule is Cc1cccc(Cl)c1-c1cc(C(=O)NC2CCN(C)CC2)c2cc(N)ncc2c1. The number of carbonyl (C=O) groups excluding carboxylic acids is 1. The number of nitrogen functional groups attached to an aromatic ring is 1. The third-order valence-electron chi connectivity index (χ3n) is 5.67. The van der Waals surface area contributed by atoms with Crippen LogP contribution in [-0.2, 0) is 0 Å². The Labute approximate surface area is 175 Å². The van der Waals surface area contributed by atoms with Crippen LogP contribution < -0.4 is 11.1 Å². The number of benzene rings is 2. The quantitative estimate of drug-likeness (QED) is 0.678. The minimum Gasteiger partial charge on any atom is -0.384 e. The summed E-state index contributed by atoms with van der Waals surface area (Å²) in [6.45, 7) is 3.99. The maximum absolute atomic E-state index is 13.3. The topological polar surface area (TPSA) is 71.2 Å². The van der Waals surface area contributed by atoms with Crippen LogP contribution >= 0.6 is 11.6 Å². The van der Waals surface area contributed by atoms with Gasteiger partial charge in [0, 0.05) is 33.8 Å². The van der Waals surface area contributed by atoms with Gasteiger partial charge in [-0.1, -0.05) is 23.7 Å². The largest absolute Gasteiger partial charge is 0.384 e. The van der Waals surface area contributed by atoms with Crippen molar-refractivity contribution in [3.05, 3.63) is 58.7 Å². The Bertz CT molecular complexity index is 1050. The lowest BCUT2D eigenvalue weighted by molar-refractivity contribution is 0.0918. The second-order valence-corrected chi connectivity index (χ2v) is 8.24. The summed E-state index contributed by atoms with van der Waals surface area (Å²) >= 11 is 6.50. The molecule has 1 aliphatic rings. The Morgan fingerprint density at radius 1 is 1.24 bits per heavy atom. The number of halogens is 1. The number of aromatic nitrogens is 1. The summed E-state index contributed by atoms with van der Waals surface area (Å²) in [5, 5.41) is 5.54. The molecule has 1 saturated heterocycles. The summed E-state index contributed by atoms with van der Waals surface area (Å²) in [5.74, 6) is 0.314. The third kappa shape index (κ3) is 4.07. The molecule has 1 aliphatic heterocycles. The van der Waals surface area contributed by atoms with Crippen LogP contribution in [0.15, 0.2) is 42.6 Å². The number of anilines is 1. The van der Waals surface area contributed by atoms with Crippen molar-refractivity contribution in [3.8, 4) is 11.1 Å². The van der Waals surface area contributed by atoms with E-state index >= 15 is 0 Å². The normalized spacial score (nSPS) is 15.6. The van der Waals surface area contributed by atoms with E-state index in [4.69, 9.17) is 17.3 Å². The van der Waals surface area contributed by atoms with Crippen molar-refractivity contribution in [1.82, 2.24) is 15.2 Å². The fraction of sp³-hybridized carbons (Fsp3) is 0.304. The first kappa shape index (κ1) is 19.7. The number of amides is 1. The molecule has 0 radical (unpaired) electrons. The Hall–Kier alpha value is -2.63. The molecule has 0 aliphatic carbocycles. The predicted molar refractivity (Wildman–Crippen MR) is 119 cm³/mol. The standard InChI is InChI=1S/C23H25ClN4O/c1-14-4-3-5-20(24)22(14)15-10-16-13-26-21(25)12-18(16)19(11-15)23(29)27-17-6-8-28(2)9-7-17/h3-5,10-13,17H,6-9H2,1-2H3,(H2,25,26)(H,27,29). The summed E-state index contributed by atoms with van der Waals surface area (Å²) < 4.78 is 0. The van der Waals surface area contributed by atoms with Crippen molar-refractivity contribution in [3.63, 3.8) is 0 Å². The van der Waals surface area contributed by atoms with Gasteiger partial charge in [-0.15, -0.1) is 0 Å². The predicted octanol–water partition coefficient (Wildman–Crippen LogP) is 4.27. The Morgan fingerprint density at radius 2 is 2.00 bits per heavy atom. The van der Waals surface area contributed by atoms with Gasteiger partial charge >= 0.3 is 0 Å². The van der Waals surface area contributed by atoms with Gasteiger partial charge in [-0.2, -0.15) is 0 Å². The number of fused-ring (bicyclic) bond motifs is 1. The van der Waals surface area contributed by atoms with Crippen LogP contribution in [0.1, 0.15) is 28.8 Å². The first-order chi connectivity index (χ1) is 13.9. The number of aryl methyl sites for hydroxylation is 1. The van der Waals surface area contributed by atoms with Crippen molar-refractivity contribution in [2.45, 2.75) is 25.8 Å². The van der Waals surface area contributed by atoms with E-state index in [0.29, 0.717) is 16.4 Å². The number of carbonyl (C=O) groups is 1. The fourth-order valence-corrected chi connectivity index (χ4v) is 4.35. The van der Waals surface area contributed by atoms with E-state index in [2.05, 4.69) is 22.2 Å². The van der Waals surface area contributed by atoms with Crippen LogP contribution in [0.4, 0.5) is 5.82 Å². The van der Waals surface area contributed by atoms with E-state index in [1.807, 2.05) is 37.3 Å². The number of hydrogen-bond donors (Lipinski definition) is 2. The average molecular weight is 409 g/mol. The molecule has 150 valence electrons. The van der Waals surface area contributed by atoms with Gasteiger partial charge in [-0.05, 0) is 80.7 Å². The van der Waals surface area contributed by atoms with Gasteiger partial charge < -0.3 is 16.0 Å². The Morgan fingerprint density at radius 3 is 2.72 bits per heavy atom. The minimum atomic E-state index is -0.0818. The average Bonchev–Trinajstić information content (AvgIpc) is 2.69. The molecule has 0 unspecified atom stereocenters. The summed E-state index contributed by atoms with van der Waals surface area (Å²) in [4.78, 5) is 19.8. The first-order valence-corrected chi connectivity index (χ1v) is 10.2. The number of likely N-dealkylation sites (tertiary alicyclic amines) is 1. The monoisotopic (exact) mass is 408 g/mol. The van der Waals surface area contributed by atoms with Crippen LogP contribution in [0.3, 0.4) is 0 Å². The molecule has 0 spiro atoms. The molecule has 2 heterocycles. The molecule has 0 bridgehead atoms. The zero-order valence-electron chi connectivity index (χ0n) is 16.7. The molecule has 29 heavy (non-hydrogen) atoms. The van der Waals surface area contributed by atoms with E-state index in [1.165, 1.54) is 0 Å². The highest BCUT2D eigenvalue weighted by molar-refractivity contribution is 6.33. The van der Waals surface area contributed by atoms with Gasteiger partial charge in [0.1, 0.15) is 5.82 Å². The van der Waals surface area contributed by atoms with Crippen molar-refractivity contribution < 1.29 is 4.79 Å². The van der Waals surface area contributed by atoms with E-state index in [1.54, 1.807) is 12.3 Å². The molecule has 3 N–H and O–H groups in total. The number of hydrogen-bond acceptors (Lipinski definition) is 4. The molecule has 1 amide bonds. The smallest absolute Gasteiger partial charge is 0.252 e. The fourth-order valence-electron chi connectivity index (χ4n) is 4.02. The highest BCUT2D eigenvalue weighted by Crippen LogP contribution is 2.35. The number of nitrogens with two attached hydrogens (primary N) is 1.